The monoisotopic (exact) mass is 254 g/mol. The molecular formula is C12H18N2O4. The molecule has 0 aliphatic carbocycles. The van der Waals surface area contributed by atoms with E-state index >= 15 is 0 Å². The van der Waals surface area contributed by atoms with Crippen LogP contribution < -0.4 is 10.6 Å². The van der Waals surface area contributed by atoms with Crippen molar-refractivity contribution in [2.24, 2.45) is 0 Å². The lowest BCUT2D eigenvalue weighted by Gasteiger charge is -2.25. The Kier molecular flexibility index (Phi) is 4.76. The first-order chi connectivity index (χ1) is 8.39. The summed E-state index contributed by atoms with van der Waals surface area (Å²) in [6.07, 6.45) is 3.48. The Morgan fingerprint density at radius 2 is 2.17 bits per heavy atom. The highest BCUT2D eigenvalue weighted by molar-refractivity contribution is 5.74. The zero-order valence-corrected chi connectivity index (χ0v) is 10.5. The van der Waals surface area contributed by atoms with Crippen LogP contribution in [0, 0.1) is 0 Å². The third-order valence-electron chi connectivity index (χ3n) is 2.45. The summed E-state index contributed by atoms with van der Waals surface area (Å²) in [5.74, 6) is -0.872. The number of hydrogen-bond donors (Lipinski definition) is 3. The van der Waals surface area contributed by atoms with E-state index < -0.39 is 11.5 Å². The fourth-order valence-corrected chi connectivity index (χ4v) is 1.41. The number of urea groups is 1. The van der Waals surface area contributed by atoms with Crippen LogP contribution in [0.15, 0.2) is 23.0 Å². The quantitative estimate of drug-likeness (QED) is 0.720. The van der Waals surface area contributed by atoms with Crippen LogP contribution in [0.3, 0.4) is 0 Å². The average molecular weight is 254 g/mol. The van der Waals surface area contributed by atoms with E-state index in [2.05, 4.69) is 10.6 Å². The molecule has 0 saturated carbocycles. The van der Waals surface area contributed by atoms with Gasteiger partial charge in [0.2, 0.25) is 0 Å². The minimum absolute atomic E-state index is 0.0228. The molecule has 1 aromatic rings. The highest BCUT2D eigenvalue weighted by Gasteiger charge is 2.21. The van der Waals surface area contributed by atoms with Crippen molar-refractivity contribution in [3.8, 4) is 0 Å². The van der Waals surface area contributed by atoms with Gasteiger partial charge >= 0.3 is 12.0 Å². The highest BCUT2D eigenvalue weighted by atomic mass is 16.4. The molecule has 6 heteroatoms. The molecule has 1 rings (SSSR count). The number of carboxylic acids is 1. The third-order valence-corrected chi connectivity index (χ3v) is 2.45. The van der Waals surface area contributed by atoms with Gasteiger partial charge in [0.25, 0.3) is 0 Å². The van der Waals surface area contributed by atoms with Crippen molar-refractivity contribution < 1.29 is 19.1 Å². The van der Waals surface area contributed by atoms with E-state index in [4.69, 9.17) is 9.52 Å². The van der Waals surface area contributed by atoms with Crippen LogP contribution in [0.2, 0.25) is 0 Å². The fourth-order valence-electron chi connectivity index (χ4n) is 1.41. The SMILES string of the molecule is CC(C)(CCC(=O)O)NC(=O)NCc1ccoc1. The van der Waals surface area contributed by atoms with Crippen LogP contribution in [0.1, 0.15) is 32.3 Å². The van der Waals surface area contributed by atoms with E-state index in [1.54, 1.807) is 26.2 Å². The number of amides is 2. The van der Waals surface area contributed by atoms with Gasteiger partial charge < -0.3 is 20.2 Å². The Morgan fingerprint density at radius 1 is 1.44 bits per heavy atom. The molecule has 3 N–H and O–H groups in total. The minimum Gasteiger partial charge on any atom is -0.481 e. The number of rotatable bonds is 6. The Labute approximate surface area is 105 Å². The first-order valence-corrected chi connectivity index (χ1v) is 5.68. The van der Waals surface area contributed by atoms with Crippen LogP contribution in [0.4, 0.5) is 4.79 Å². The summed E-state index contributed by atoms with van der Waals surface area (Å²) >= 11 is 0. The van der Waals surface area contributed by atoms with E-state index in [1.807, 2.05) is 0 Å². The minimum atomic E-state index is -0.872. The van der Waals surface area contributed by atoms with E-state index in [-0.39, 0.29) is 12.5 Å². The lowest BCUT2D eigenvalue weighted by molar-refractivity contribution is -0.137. The lowest BCUT2D eigenvalue weighted by Crippen LogP contribution is -2.48. The smallest absolute Gasteiger partial charge is 0.315 e. The molecule has 100 valence electrons. The number of carbonyl (C=O) groups excluding carboxylic acids is 1. The number of carbonyl (C=O) groups is 2. The van der Waals surface area contributed by atoms with Gasteiger partial charge in [-0.25, -0.2) is 4.79 Å². The molecule has 0 bridgehead atoms. The molecule has 2 amide bonds. The van der Waals surface area contributed by atoms with Crippen molar-refractivity contribution in [2.75, 3.05) is 0 Å². The number of carboxylic acid groups (broad SMARTS) is 1. The molecule has 0 aliphatic heterocycles. The van der Waals surface area contributed by atoms with E-state index in [0.29, 0.717) is 13.0 Å². The van der Waals surface area contributed by atoms with Gasteiger partial charge in [-0.15, -0.1) is 0 Å². The van der Waals surface area contributed by atoms with Crippen molar-refractivity contribution in [1.29, 1.82) is 0 Å². The molecule has 0 spiro atoms. The Balaban J connectivity index is 2.31. The summed E-state index contributed by atoms with van der Waals surface area (Å²) in [5.41, 5.74) is 0.312. The molecule has 18 heavy (non-hydrogen) atoms. The summed E-state index contributed by atoms with van der Waals surface area (Å²) in [6.45, 7) is 3.94. The molecule has 1 aromatic heterocycles. The third kappa shape index (κ3) is 5.38. The molecule has 1 heterocycles. The van der Waals surface area contributed by atoms with Gasteiger partial charge in [0, 0.05) is 24.1 Å². The lowest BCUT2D eigenvalue weighted by atomic mass is 9.99. The van der Waals surface area contributed by atoms with Gasteiger partial charge in [-0.05, 0) is 26.3 Å². The maximum atomic E-state index is 11.6. The first-order valence-electron chi connectivity index (χ1n) is 5.68. The van der Waals surface area contributed by atoms with Crippen molar-refractivity contribution in [3.05, 3.63) is 24.2 Å². The Bertz CT molecular complexity index is 398. The van der Waals surface area contributed by atoms with Crippen molar-refractivity contribution >= 4 is 12.0 Å². The largest absolute Gasteiger partial charge is 0.481 e. The maximum Gasteiger partial charge on any atom is 0.315 e. The van der Waals surface area contributed by atoms with E-state index in [1.165, 1.54) is 6.26 Å². The zero-order valence-electron chi connectivity index (χ0n) is 10.5. The van der Waals surface area contributed by atoms with Crippen molar-refractivity contribution in [3.63, 3.8) is 0 Å². The Hall–Kier alpha value is -1.98. The van der Waals surface area contributed by atoms with Crippen molar-refractivity contribution in [1.82, 2.24) is 10.6 Å². The molecule has 0 atom stereocenters. The number of nitrogens with one attached hydrogen (secondary N) is 2. The molecule has 6 nitrogen and oxygen atoms in total. The summed E-state index contributed by atoms with van der Waals surface area (Å²) in [6, 6.07) is 1.43. The molecule has 0 unspecified atom stereocenters. The van der Waals surface area contributed by atoms with Gasteiger partial charge in [-0.3, -0.25) is 4.79 Å². The zero-order chi connectivity index (χ0) is 13.6. The highest BCUT2D eigenvalue weighted by Crippen LogP contribution is 2.10. The standard InChI is InChI=1S/C12H18N2O4/c1-12(2,5-3-10(15)16)14-11(17)13-7-9-4-6-18-8-9/h4,6,8H,3,5,7H2,1-2H3,(H,15,16)(H2,13,14,17). The van der Waals surface area contributed by atoms with E-state index in [0.717, 1.165) is 5.56 Å². The molecule has 0 fully saturated rings. The van der Waals surface area contributed by atoms with Crippen LogP contribution >= 0.6 is 0 Å². The average Bonchev–Trinajstić information content (AvgIpc) is 2.76. The summed E-state index contributed by atoms with van der Waals surface area (Å²) in [7, 11) is 0. The first kappa shape index (κ1) is 14.1. The Morgan fingerprint density at radius 3 is 2.72 bits per heavy atom. The second-order valence-corrected chi connectivity index (χ2v) is 4.72. The predicted molar refractivity (Wildman–Crippen MR) is 65.0 cm³/mol. The molecule has 0 aliphatic rings. The molecule has 0 saturated heterocycles. The summed E-state index contributed by atoms with van der Waals surface area (Å²) < 4.78 is 4.88. The molecular weight excluding hydrogens is 236 g/mol. The number of furan rings is 1. The van der Waals surface area contributed by atoms with Gasteiger partial charge in [0.05, 0.1) is 12.5 Å². The summed E-state index contributed by atoms with van der Waals surface area (Å²) in [4.78, 5) is 22.1. The fraction of sp³-hybridized carbons (Fsp3) is 0.500. The molecule has 0 radical (unpaired) electrons. The van der Waals surface area contributed by atoms with Crippen LogP contribution in [0.25, 0.3) is 0 Å². The van der Waals surface area contributed by atoms with Gasteiger partial charge in [0.15, 0.2) is 0 Å². The topological polar surface area (TPSA) is 91.6 Å². The van der Waals surface area contributed by atoms with E-state index in [9.17, 15) is 9.59 Å². The van der Waals surface area contributed by atoms with Crippen LogP contribution in [-0.2, 0) is 11.3 Å². The second kappa shape index (κ2) is 6.09. The maximum absolute atomic E-state index is 11.6. The number of hydrogen-bond acceptors (Lipinski definition) is 3. The number of aliphatic carboxylic acids is 1. The normalized spacial score (nSPS) is 11.0. The predicted octanol–water partition coefficient (Wildman–Crippen LogP) is 1.72. The second-order valence-electron chi connectivity index (χ2n) is 4.72. The van der Waals surface area contributed by atoms with Gasteiger partial charge in [0.1, 0.15) is 0 Å². The van der Waals surface area contributed by atoms with Crippen LogP contribution in [-0.4, -0.2) is 22.6 Å². The van der Waals surface area contributed by atoms with Gasteiger partial charge in [-0.2, -0.15) is 0 Å². The summed E-state index contributed by atoms with van der Waals surface area (Å²) in [5, 5.41) is 14.0. The molecule has 0 aromatic carbocycles. The van der Waals surface area contributed by atoms with Gasteiger partial charge in [-0.1, -0.05) is 0 Å². The van der Waals surface area contributed by atoms with Crippen molar-refractivity contribution in [2.45, 2.75) is 38.8 Å². The van der Waals surface area contributed by atoms with Crippen LogP contribution in [0.5, 0.6) is 0 Å².